The summed E-state index contributed by atoms with van der Waals surface area (Å²) in [4.78, 5) is 12.2. The minimum absolute atomic E-state index is 0.243. The van der Waals surface area contributed by atoms with Crippen molar-refractivity contribution >= 4 is 40.5 Å². The Labute approximate surface area is 145 Å². The topological polar surface area (TPSA) is 62.4 Å². The molecule has 5 nitrogen and oxygen atoms in total. The van der Waals surface area contributed by atoms with Gasteiger partial charge < -0.3 is 10.1 Å². The zero-order valence-corrected chi connectivity index (χ0v) is 14.2. The molecule has 0 bridgehead atoms. The second-order valence-electron chi connectivity index (χ2n) is 4.75. The van der Waals surface area contributed by atoms with Gasteiger partial charge in [-0.3, -0.25) is 15.6 Å². The predicted molar refractivity (Wildman–Crippen MR) is 96.0 cm³/mol. The number of hydrogen-bond acceptors (Lipinski definition) is 3. The third kappa shape index (κ3) is 4.84. The molecule has 120 valence electrons. The molecule has 0 fully saturated rings. The van der Waals surface area contributed by atoms with Gasteiger partial charge in [-0.1, -0.05) is 29.3 Å². The van der Waals surface area contributed by atoms with Crippen molar-refractivity contribution in [2.75, 3.05) is 12.4 Å². The van der Waals surface area contributed by atoms with Crippen molar-refractivity contribution in [2.24, 2.45) is 0 Å². The number of nitrogens with one attached hydrogen (secondary N) is 3. The van der Waals surface area contributed by atoms with Gasteiger partial charge in [-0.05, 0) is 49.5 Å². The zero-order chi connectivity index (χ0) is 16.8. The Morgan fingerprint density at radius 3 is 2.65 bits per heavy atom. The molecule has 0 radical (unpaired) electrons. The molecule has 0 aliphatic rings. The van der Waals surface area contributed by atoms with E-state index in [1.165, 1.54) is 7.11 Å². The van der Waals surface area contributed by atoms with E-state index in [4.69, 9.17) is 28.6 Å². The van der Waals surface area contributed by atoms with E-state index in [-0.39, 0.29) is 11.0 Å². The van der Waals surface area contributed by atoms with Crippen molar-refractivity contribution in [1.82, 2.24) is 10.9 Å². The van der Waals surface area contributed by atoms with Gasteiger partial charge in [0.2, 0.25) is 0 Å². The normalized spacial score (nSPS) is 9.87. The van der Waals surface area contributed by atoms with Gasteiger partial charge in [-0.25, -0.2) is 0 Å². The molecule has 0 heterocycles. The minimum atomic E-state index is -0.346. The third-order valence-corrected chi connectivity index (χ3v) is 3.41. The van der Waals surface area contributed by atoms with Crippen molar-refractivity contribution in [3.05, 3.63) is 58.6 Å². The van der Waals surface area contributed by atoms with Crippen molar-refractivity contribution in [3.8, 4) is 5.75 Å². The maximum Gasteiger partial charge on any atom is 0.273 e. The van der Waals surface area contributed by atoms with Gasteiger partial charge in [0.15, 0.2) is 5.11 Å². The van der Waals surface area contributed by atoms with Crippen LogP contribution in [-0.4, -0.2) is 18.1 Å². The fourth-order valence-corrected chi connectivity index (χ4v) is 2.27. The summed E-state index contributed by atoms with van der Waals surface area (Å²) in [6.07, 6.45) is 0. The maximum absolute atomic E-state index is 12.2. The van der Waals surface area contributed by atoms with E-state index in [0.29, 0.717) is 16.3 Å². The molecular weight excluding hydrogens is 334 g/mol. The lowest BCUT2D eigenvalue weighted by Crippen LogP contribution is -2.43. The highest BCUT2D eigenvalue weighted by molar-refractivity contribution is 7.80. The van der Waals surface area contributed by atoms with E-state index >= 15 is 0 Å². The average Bonchev–Trinajstić information content (AvgIpc) is 2.52. The van der Waals surface area contributed by atoms with E-state index in [1.54, 1.807) is 30.3 Å². The van der Waals surface area contributed by atoms with Crippen LogP contribution in [0.2, 0.25) is 5.02 Å². The quantitative estimate of drug-likeness (QED) is 0.586. The van der Waals surface area contributed by atoms with Crippen LogP contribution < -0.4 is 20.9 Å². The zero-order valence-electron chi connectivity index (χ0n) is 12.6. The number of methoxy groups -OCH3 is 1. The number of hydrogen-bond donors (Lipinski definition) is 3. The first-order valence-corrected chi connectivity index (χ1v) is 7.56. The van der Waals surface area contributed by atoms with Crippen LogP contribution in [0.15, 0.2) is 42.5 Å². The van der Waals surface area contributed by atoms with Crippen LogP contribution in [0, 0.1) is 6.92 Å². The molecule has 23 heavy (non-hydrogen) atoms. The number of rotatable bonds is 3. The standard InChI is InChI=1S/C16H16ClN3O2S/c1-10-6-7-14(22-2)13(8-10)15(21)19-20-16(23)18-12-5-3-4-11(17)9-12/h3-9H,1-2H3,(H,19,21)(H2,18,20,23). The summed E-state index contributed by atoms with van der Waals surface area (Å²) >= 11 is 11.0. The van der Waals surface area contributed by atoms with Gasteiger partial charge >= 0.3 is 0 Å². The van der Waals surface area contributed by atoms with Crippen LogP contribution in [0.4, 0.5) is 5.69 Å². The number of ether oxygens (including phenoxy) is 1. The average molecular weight is 350 g/mol. The van der Waals surface area contributed by atoms with Crippen LogP contribution in [0.1, 0.15) is 15.9 Å². The lowest BCUT2D eigenvalue weighted by molar-refractivity contribution is 0.0941. The molecule has 0 aliphatic carbocycles. The summed E-state index contributed by atoms with van der Waals surface area (Å²) < 4.78 is 5.19. The fraction of sp³-hybridized carbons (Fsp3) is 0.125. The third-order valence-electron chi connectivity index (χ3n) is 2.97. The smallest absolute Gasteiger partial charge is 0.273 e. The van der Waals surface area contributed by atoms with E-state index in [1.807, 2.05) is 19.1 Å². The molecule has 0 atom stereocenters. The molecule has 1 amide bonds. The number of thiocarbonyl (C=S) groups is 1. The lowest BCUT2D eigenvalue weighted by Gasteiger charge is -2.13. The largest absolute Gasteiger partial charge is 0.496 e. The first kappa shape index (κ1) is 17.1. The highest BCUT2D eigenvalue weighted by Gasteiger charge is 2.12. The van der Waals surface area contributed by atoms with Gasteiger partial charge in [0.05, 0.1) is 12.7 Å². The van der Waals surface area contributed by atoms with Crippen molar-refractivity contribution in [3.63, 3.8) is 0 Å². The number of benzene rings is 2. The summed E-state index contributed by atoms with van der Waals surface area (Å²) in [5.41, 5.74) is 7.27. The predicted octanol–water partition coefficient (Wildman–Crippen LogP) is 3.29. The Morgan fingerprint density at radius 2 is 1.96 bits per heavy atom. The molecular formula is C16H16ClN3O2S. The summed E-state index contributed by atoms with van der Waals surface area (Å²) in [5.74, 6) is 0.143. The molecule has 0 aromatic heterocycles. The molecule has 2 aromatic rings. The number of amides is 1. The first-order valence-electron chi connectivity index (χ1n) is 6.77. The highest BCUT2D eigenvalue weighted by Crippen LogP contribution is 2.19. The van der Waals surface area contributed by atoms with Crippen LogP contribution in [0.25, 0.3) is 0 Å². The number of carbonyl (C=O) groups is 1. The van der Waals surface area contributed by atoms with Gasteiger partial charge in [0, 0.05) is 10.7 Å². The van der Waals surface area contributed by atoms with Gasteiger partial charge in [-0.15, -0.1) is 0 Å². The number of carbonyl (C=O) groups excluding carboxylic acids is 1. The van der Waals surface area contributed by atoms with Gasteiger partial charge in [0.1, 0.15) is 5.75 Å². The van der Waals surface area contributed by atoms with Crippen LogP contribution >= 0.6 is 23.8 Å². The summed E-state index contributed by atoms with van der Waals surface area (Å²) in [5, 5.41) is 3.75. The molecule has 0 spiro atoms. The van der Waals surface area contributed by atoms with Gasteiger partial charge in [0.25, 0.3) is 5.91 Å². The summed E-state index contributed by atoms with van der Waals surface area (Å²) in [6, 6.07) is 12.4. The van der Waals surface area contributed by atoms with Crippen molar-refractivity contribution in [1.29, 1.82) is 0 Å². The van der Waals surface area contributed by atoms with Gasteiger partial charge in [-0.2, -0.15) is 0 Å². The fourth-order valence-electron chi connectivity index (χ4n) is 1.91. The molecule has 7 heteroatoms. The Hall–Kier alpha value is -2.31. The SMILES string of the molecule is COc1ccc(C)cc1C(=O)NNC(=S)Nc1cccc(Cl)c1. The van der Waals surface area contributed by atoms with E-state index in [0.717, 1.165) is 11.3 Å². The van der Waals surface area contributed by atoms with Crippen molar-refractivity contribution < 1.29 is 9.53 Å². The lowest BCUT2D eigenvalue weighted by atomic mass is 10.1. The molecule has 3 N–H and O–H groups in total. The number of anilines is 1. The van der Waals surface area contributed by atoms with E-state index < -0.39 is 0 Å². The molecule has 0 saturated heterocycles. The maximum atomic E-state index is 12.2. The second-order valence-corrected chi connectivity index (χ2v) is 5.59. The highest BCUT2D eigenvalue weighted by atomic mass is 35.5. The molecule has 0 unspecified atom stereocenters. The minimum Gasteiger partial charge on any atom is -0.496 e. The number of hydrazine groups is 1. The number of halogens is 1. The molecule has 0 saturated carbocycles. The summed E-state index contributed by atoms with van der Waals surface area (Å²) in [7, 11) is 1.51. The first-order chi connectivity index (χ1) is 11.0. The van der Waals surface area contributed by atoms with Crippen LogP contribution in [0.3, 0.4) is 0 Å². The Bertz CT molecular complexity index is 737. The Morgan fingerprint density at radius 1 is 1.17 bits per heavy atom. The molecule has 0 aliphatic heterocycles. The second kappa shape index (κ2) is 7.80. The van der Waals surface area contributed by atoms with E-state index in [9.17, 15) is 4.79 Å². The summed E-state index contributed by atoms with van der Waals surface area (Å²) in [6.45, 7) is 1.90. The van der Waals surface area contributed by atoms with Crippen molar-refractivity contribution in [2.45, 2.75) is 6.92 Å². The van der Waals surface area contributed by atoms with Crippen LogP contribution in [0.5, 0.6) is 5.75 Å². The number of aryl methyl sites for hydroxylation is 1. The molecule has 2 aromatic carbocycles. The Kier molecular flexibility index (Phi) is 5.78. The monoisotopic (exact) mass is 349 g/mol. The van der Waals surface area contributed by atoms with E-state index in [2.05, 4.69) is 16.2 Å². The Balaban J connectivity index is 1.96. The molecule has 2 rings (SSSR count). The van der Waals surface area contributed by atoms with Crippen LogP contribution in [-0.2, 0) is 0 Å².